The lowest BCUT2D eigenvalue weighted by molar-refractivity contribution is -0.0559. The van der Waals surface area contributed by atoms with Gasteiger partial charge in [0.1, 0.15) is 0 Å². The van der Waals surface area contributed by atoms with Gasteiger partial charge in [-0.2, -0.15) is 0 Å². The molecule has 0 N–H and O–H groups in total. The van der Waals surface area contributed by atoms with Gasteiger partial charge in [-0.1, -0.05) is 27.7 Å². The van der Waals surface area contributed by atoms with Crippen molar-refractivity contribution in [2.24, 2.45) is 11.8 Å². The highest BCUT2D eigenvalue weighted by molar-refractivity contribution is 4.70. The molecule has 0 rings (SSSR count). The van der Waals surface area contributed by atoms with E-state index in [1.165, 1.54) is 0 Å². The Labute approximate surface area is 68.0 Å². The van der Waals surface area contributed by atoms with E-state index >= 15 is 0 Å². The van der Waals surface area contributed by atoms with Gasteiger partial charge in [0.2, 0.25) is 5.92 Å². The third-order valence-corrected chi connectivity index (χ3v) is 1.90. The minimum absolute atomic E-state index is 0.0301. The van der Waals surface area contributed by atoms with Crippen LogP contribution in [0.4, 0.5) is 8.78 Å². The molecule has 0 aromatic heterocycles. The maximum absolute atomic E-state index is 12.9. The maximum Gasteiger partial charge on any atom is 0.250 e. The van der Waals surface area contributed by atoms with Crippen molar-refractivity contribution >= 4 is 0 Å². The summed E-state index contributed by atoms with van der Waals surface area (Å²) in [5, 5.41) is 0. The lowest BCUT2D eigenvalue weighted by atomic mass is 9.97. The quantitative estimate of drug-likeness (QED) is 0.594. The van der Waals surface area contributed by atoms with Crippen LogP contribution >= 0.6 is 0 Å². The molecule has 0 fully saturated rings. The van der Waals surface area contributed by atoms with Crippen molar-refractivity contribution in [3.8, 4) is 0 Å². The van der Waals surface area contributed by atoms with Gasteiger partial charge in [-0.15, -0.1) is 0 Å². The van der Waals surface area contributed by atoms with Crippen LogP contribution in [0.1, 0.15) is 40.5 Å². The second kappa shape index (κ2) is 4.03. The zero-order valence-electron chi connectivity index (χ0n) is 7.82. The molecule has 0 aromatic carbocycles. The van der Waals surface area contributed by atoms with Crippen LogP contribution in [0, 0.1) is 11.8 Å². The predicted octanol–water partition coefficient (Wildman–Crippen LogP) is 3.71. The van der Waals surface area contributed by atoms with Crippen LogP contribution in [0.3, 0.4) is 0 Å². The van der Waals surface area contributed by atoms with Crippen LogP contribution in [-0.2, 0) is 0 Å². The first-order valence-electron chi connectivity index (χ1n) is 4.24. The smallest absolute Gasteiger partial charge is 0.207 e. The van der Waals surface area contributed by atoms with Crippen LogP contribution in [0.25, 0.3) is 0 Å². The number of hydrogen-bond donors (Lipinski definition) is 0. The van der Waals surface area contributed by atoms with E-state index < -0.39 is 11.8 Å². The Morgan fingerprint density at radius 2 is 1.55 bits per heavy atom. The molecular formula is C9H18F2. The maximum atomic E-state index is 12.9. The van der Waals surface area contributed by atoms with Crippen molar-refractivity contribution in [1.82, 2.24) is 0 Å². The molecule has 68 valence electrons. The van der Waals surface area contributed by atoms with E-state index in [0.29, 0.717) is 12.3 Å². The van der Waals surface area contributed by atoms with Crippen LogP contribution < -0.4 is 0 Å². The summed E-state index contributed by atoms with van der Waals surface area (Å²) in [6, 6.07) is 0. The molecule has 0 nitrogen and oxygen atoms in total. The molecule has 0 atom stereocenters. The average molecular weight is 164 g/mol. The molecule has 0 unspecified atom stereocenters. The third-order valence-electron chi connectivity index (χ3n) is 1.90. The molecule has 2 heteroatoms. The standard InChI is InChI=1S/C9H18F2/c1-7(2)5-6-9(10,11)8(3)4/h7-8H,5-6H2,1-4H3. The van der Waals surface area contributed by atoms with Crippen LogP contribution in [0.2, 0.25) is 0 Å². The fraction of sp³-hybridized carbons (Fsp3) is 1.00. The van der Waals surface area contributed by atoms with Gasteiger partial charge < -0.3 is 0 Å². The highest BCUT2D eigenvalue weighted by Gasteiger charge is 2.32. The van der Waals surface area contributed by atoms with Gasteiger partial charge in [0.25, 0.3) is 0 Å². The lowest BCUT2D eigenvalue weighted by Gasteiger charge is -2.20. The highest BCUT2D eigenvalue weighted by atomic mass is 19.3. The molecule has 0 aliphatic carbocycles. The van der Waals surface area contributed by atoms with E-state index in [2.05, 4.69) is 0 Å². The summed E-state index contributed by atoms with van der Waals surface area (Å²) in [6.07, 6.45) is 0.646. The largest absolute Gasteiger partial charge is 0.250 e. The first-order valence-corrected chi connectivity index (χ1v) is 4.24. The SMILES string of the molecule is CC(C)CCC(F)(F)C(C)C. The third kappa shape index (κ3) is 4.33. The summed E-state index contributed by atoms with van der Waals surface area (Å²) in [4.78, 5) is 0. The molecule has 0 heterocycles. The monoisotopic (exact) mass is 164 g/mol. The molecule has 0 radical (unpaired) electrons. The van der Waals surface area contributed by atoms with E-state index in [-0.39, 0.29) is 6.42 Å². The zero-order chi connectivity index (χ0) is 9.07. The number of alkyl halides is 2. The highest BCUT2D eigenvalue weighted by Crippen LogP contribution is 2.30. The van der Waals surface area contributed by atoms with E-state index in [1.54, 1.807) is 13.8 Å². The summed E-state index contributed by atoms with van der Waals surface area (Å²) in [6.45, 7) is 7.08. The predicted molar refractivity (Wildman–Crippen MR) is 43.9 cm³/mol. The van der Waals surface area contributed by atoms with Crippen molar-refractivity contribution in [1.29, 1.82) is 0 Å². The molecule has 0 amide bonds. The van der Waals surface area contributed by atoms with Gasteiger partial charge in [0.05, 0.1) is 0 Å². The summed E-state index contributed by atoms with van der Waals surface area (Å²) in [5.74, 6) is -2.62. The molecule has 0 saturated carbocycles. The fourth-order valence-electron chi connectivity index (χ4n) is 0.770. The Kier molecular flexibility index (Phi) is 3.98. The van der Waals surface area contributed by atoms with Crippen molar-refractivity contribution in [3.05, 3.63) is 0 Å². The molecule has 0 aromatic rings. The van der Waals surface area contributed by atoms with Gasteiger partial charge in [-0.25, -0.2) is 8.78 Å². The summed E-state index contributed by atoms with van der Waals surface area (Å²) in [5.41, 5.74) is 0. The number of rotatable bonds is 4. The van der Waals surface area contributed by atoms with E-state index in [1.807, 2.05) is 13.8 Å². The molecule has 0 spiro atoms. The molecular weight excluding hydrogens is 146 g/mol. The van der Waals surface area contributed by atoms with Gasteiger partial charge in [0.15, 0.2) is 0 Å². The topological polar surface area (TPSA) is 0 Å². The summed E-state index contributed by atoms with van der Waals surface area (Å²) < 4.78 is 25.8. The van der Waals surface area contributed by atoms with Gasteiger partial charge in [0, 0.05) is 12.3 Å². The average Bonchev–Trinajstić information content (AvgIpc) is 1.84. The normalized spacial score (nSPS) is 13.1. The molecule has 0 saturated heterocycles. The second-order valence-corrected chi connectivity index (χ2v) is 3.85. The Morgan fingerprint density at radius 3 is 1.82 bits per heavy atom. The van der Waals surface area contributed by atoms with Crippen molar-refractivity contribution in [2.45, 2.75) is 46.5 Å². The van der Waals surface area contributed by atoms with E-state index in [0.717, 1.165) is 0 Å². The Bertz CT molecular complexity index is 106. The van der Waals surface area contributed by atoms with Crippen LogP contribution in [0.15, 0.2) is 0 Å². The Hall–Kier alpha value is -0.140. The van der Waals surface area contributed by atoms with Gasteiger partial charge in [-0.05, 0) is 12.3 Å². The second-order valence-electron chi connectivity index (χ2n) is 3.85. The van der Waals surface area contributed by atoms with Crippen molar-refractivity contribution < 1.29 is 8.78 Å². The summed E-state index contributed by atoms with van der Waals surface area (Å²) in [7, 11) is 0. The molecule has 11 heavy (non-hydrogen) atoms. The molecule has 0 aliphatic heterocycles. The van der Waals surface area contributed by atoms with Crippen molar-refractivity contribution in [3.63, 3.8) is 0 Å². The molecule has 0 bridgehead atoms. The van der Waals surface area contributed by atoms with Crippen molar-refractivity contribution in [2.75, 3.05) is 0 Å². The van der Waals surface area contributed by atoms with E-state index in [4.69, 9.17) is 0 Å². The number of halogens is 2. The zero-order valence-corrected chi connectivity index (χ0v) is 7.82. The van der Waals surface area contributed by atoms with Gasteiger partial charge in [-0.3, -0.25) is 0 Å². The first-order chi connectivity index (χ1) is 4.86. The Morgan fingerprint density at radius 1 is 1.09 bits per heavy atom. The molecule has 0 aliphatic rings. The van der Waals surface area contributed by atoms with Crippen LogP contribution in [0.5, 0.6) is 0 Å². The first kappa shape index (κ1) is 10.9. The summed E-state index contributed by atoms with van der Waals surface area (Å²) >= 11 is 0. The fourth-order valence-corrected chi connectivity index (χ4v) is 0.770. The van der Waals surface area contributed by atoms with Crippen LogP contribution in [-0.4, -0.2) is 5.92 Å². The Balaban J connectivity index is 3.73. The minimum Gasteiger partial charge on any atom is -0.207 e. The number of hydrogen-bond acceptors (Lipinski definition) is 0. The van der Waals surface area contributed by atoms with Gasteiger partial charge >= 0.3 is 0 Å². The minimum atomic E-state index is -2.47. The van der Waals surface area contributed by atoms with E-state index in [9.17, 15) is 8.78 Å². The lowest BCUT2D eigenvalue weighted by Crippen LogP contribution is -2.24.